The molecule has 3 rings (SSSR count). The van der Waals surface area contributed by atoms with Gasteiger partial charge in [-0.1, -0.05) is 0 Å². The molecule has 1 saturated carbocycles. The minimum absolute atomic E-state index is 0.0871. The largest absolute Gasteiger partial charge is 0.495 e. The molecule has 1 amide bonds. The number of aliphatic hydroxyl groups excluding tert-OH is 1. The van der Waals surface area contributed by atoms with Crippen LogP contribution in [0.5, 0.6) is 0 Å². The van der Waals surface area contributed by atoms with Crippen LogP contribution in [-0.2, 0) is 19.0 Å². The zero-order chi connectivity index (χ0) is 21.0. The molecule has 1 fully saturated rings. The summed E-state index contributed by atoms with van der Waals surface area (Å²) in [6.07, 6.45) is 1.54. The summed E-state index contributed by atoms with van der Waals surface area (Å²) in [5.74, 6) is 0.475. The first-order valence-corrected chi connectivity index (χ1v) is 10.3. The van der Waals surface area contributed by atoms with Crippen molar-refractivity contribution in [2.45, 2.75) is 50.3 Å². The third-order valence-corrected chi connectivity index (χ3v) is 5.90. The topological polar surface area (TPSA) is 113 Å². The molecule has 1 aliphatic heterocycles. The number of alkyl halides is 2. The number of halogens is 2. The van der Waals surface area contributed by atoms with Gasteiger partial charge in [0.15, 0.2) is 12.1 Å². The Hall–Kier alpha value is -1.72. The fourth-order valence-corrected chi connectivity index (χ4v) is 4.16. The molecule has 2 atom stereocenters. The maximum absolute atomic E-state index is 12.3. The van der Waals surface area contributed by atoms with Gasteiger partial charge < -0.3 is 24.6 Å². The van der Waals surface area contributed by atoms with Crippen molar-refractivity contribution in [3.63, 3.8) is 0 Å². The van der Waals surface area contributed by atoms with E-state index >= 15 is 0 Å². The lowest BCUT2D eigenvalue weighted by molar-refractivity contribution is -0.125. The summed E-state index contributed by atoms with van der Waals surface area (Å²) < 4.78 is 41.1. The quantitative estimate of drug-likeness (QED) is 0.483. The van der Waals surface area contributed by atoms with E-state index in [2.05, 4.69) is 10.3 Å². The van der Waals surface area contributed by atoms with Gasteiger partial charge in [0.05, 0.1) is 19.3 Å². The first-order valence-electron chi connectivity index (χ1n) is 9.45. The number of hydrogen-bond acceptors (Lipinski definition) is 8. The van der Waals surface area contributed by atoms with Crippen LogP contribution >= 0.6 is 11.8 Å². The monoisotopic (exact) mass is 433 g/mol. The SMILES string of the molecule is C[C@@H](CO[C@H]1C[C@H](COC2=CCC23N=C(OCC(F)F)SC3=N)C1)NC(=O)CO. The summed E-state index contributed by atoms with van der Waals surface area (Å²) in [6, 6.07) is -0.171. The lowest BCUT2D eigenvalue weighted by Crippen LogP contribution is -2.43. The van der Waals surface area contributed by atoms with Crippen molar-refractivity contribution in [3.8, 4) is 0 Å². The Balaban J connectivity index is 1.36. The van der Waals surface area contributed by atoms with Crippen LogP contribution in [0.15, 0.2) is 16.8 Å². The summed E-state index contributed by atoms with van der Waals surface area (Å²) in [4.78, 5) is 15.4. The van der Waals surface area contributed by atoms with E-state index in [0.29, 0.717) is 31.3 Å². The summed E-state index contributed by atoms with van der Waals surface area (Å²) in [7, 11) is 0. The molecule has 2 aliphatic carbocycles. The molecule has 0 radical (unpaired) electrons. The second-order valence-corrected chi connectivity index (χ2v) is 8.34. The predicted molar refractivity (Wildman–Crippen MR) is 103 cm³/mol. The molecule has 0 aromatic carbocycles. The van der Waals surface area contributed by atoms with Crippen LogP contribution in [-0.4, -0.2) is 71.8 Å². The predicted octanol–water partition coefficient (Wildman–Crippen LogP) is 1.68. The van der Waals surface area contributed by atoms with E-state index in [-0.39, 0.29) is 22.4 Å². The number of nitrogens with zero attached hydrogens (tertiary/aromatic N) is 1. The van der Waals surface area contributed by atoms with Crippen LogP contribution < -0.4 is 5.32 Å². The third kappa shape index (κ3) is 5.26. The summed E-state index contributed by atoms with van der Waals surface area (Å²) >= 11 is 0.955. The molecule has 29 heavy (non-hydrogen) atoms. The Labute approximate surface area is 171 Å². The fraction of sp³-hybridized carbons (Fsp3) is 0.722. The Morgan fingerprint density at radius 3 is 2.83 bits per heavy atom. The number of hydrogen-bond donors (Lipinski definition) is 3. The van der Waals surface area contributed by atoms with Gasteiger partial charge in [-0.3, -0.25) is 10.2 Å². The molecule has 1 spiro atoms. The molecule has 162 valence electrons. The Morgan fingerprint density at radius 2 is 2.21 bits per heavy atom. The lowest BCUT2D eigenvalue weighted by atomic mass is 9.82. The molecule has 1 unspecified atom stereocenters. The highest BCUT2D eigenvalue weighted by molar-refractivity contribution is 8.26. The van der Waals surface area contributed by atoms with Crippen molar-refractivity contribution in [1.29, 1.82) is 5.41 Å². The number of nitrogens with one attached hydrogen (secondary N) is 2. The Kier molecular flexibility index (Phi) is 7.12. The van der Waals surface area contributed by atoms with E-state index in [4.69, 9.17) is 24.7 Å². The van der Waals surface area contributed by atoms with E-state index in [9.17, 15) is 13.6 Å². The van der Waals surface area contributed by atoms with Gasteiger partial charge in [-0.15, -0.1) is 0 Å². The van der Waals surface area contributed by atoms with Gasteiger partial charge in [0.25, 0.3) is 11.7 Å². The molecule has 0 aromatic rings. The highest BCUT2D eigenvalue weighted by Gasteiger charge is 2.51. The van der Waals surface area contributed by atoms with Crippen LogP contribution in [0.25, 0.3) is 0 Å². The second-order valence-electron chi connectivity index (χ2n) is 7.37. The minimum atomic E-state index is -2.58. The zero-order valence-electron chi connectivity index (χ0n) is 16.0. The molecular weight excluding hydrogens is 408 g/mol. The maximum atomic E-state index is 12.3. The number of rotatable bonds is 10. The number of amides is 1. The number of aliphatic imine (C=N–C) groups is 1. The standard InChI is InChI=1S/C18H25F2N3O5S/c1-10(22-15(25)6-24)7-26-12-4-11(5-12)8-27-13-2-3-18(13)16(21)29-17(23-18)28-9-14(19)20/h2,10-12,14,21,24H,3-9H2,1H3,(H,22,25)/t10-,11-,12-,18?/m0/s1. The normalized spacial score (nSPS) is 29.1. The molecule has 3 N–H and O–H groups in total. The highest BCUT2D eigenvalue weighted by Crippen LogP contribution is 2.46. The first kappa shape index (κ1) is 22.0. The van der Waals surface area contributed by atoms with Gasteiger partial charge >= 0.3 is 0 Å². The molecule has 1 heterocycles. The van der Waals surface area contributed by atoms with Crippen LogP contribution in [0, 0.1) is 11.3 Å². The smallest absolute Gasteiger partial charge is 0.272 e. The van der Waals surface area contributed by atoms with E-state index in [1.165, 1.54) is 0 Å². The minimum Gasteiger partial charge on any atom is -0.495 e. The molecule has 0 bridgehead atoms. The van der Waals surface area contributed by atoms with Crippen molar-refractivity contribution < 1.29 is 32.9 Å². The Bertz CT molecular complexity index is 699. The third-order valence-electron chi connectivity index (χ3n) is 4.97. The lowest BCUT2D eigenvalue weighted by Gasteiger charge is -2.39. The van der Waals surface area contributed by atoms with Crippen LogP contribution in [0.3, 0.4) is 0 Å². The summed E-state index contributed by atoms with van der Waals surface area (Å²) in [6.45, 7) is 1.39. The van der Waals surface area contributed by atoms with Gasteiger partial charge in [0.2, 0.25) is 5.91 Å². The number of ether oxygens (including phenoxy) is 3. The molecule has 3 aliphatic rings. The fourth-order valence-electron chi connectivity index (χ4n) is 3.26. The maximum Gasteiger partial charge on any atom is 0.272 e. The second kappa shape index (κ2) is 9.40. The van der Waals surface area contributed by atoms with Crippen LogP contribution in [0.4, 0.5) is 8.78 Å². The number of aliphatic hydroxyl groups is 1. The van der Waals surface area contributed by atoms with Gasteiger partial charge in [-0.25, -0.2) is 13.8 Å². The van der Waals surface area contributed by atoms with Crippen LogP contribution in [0.2, 0.25) is 0 Å². The average molecular weight is 433 g/mol. The molecule has 8 nitrogen and oxygen atoms in total. The van der Waals surface area contributed by atoms with E-state index in [1.807, 2.05) is 13.0 Å². The van der Waals surface area contributed by atoms with Crippen LogP contribution in [0.1, 0.15) is 26.2 Å². The number of carbonyl (C=O) groups excluding carboxylic acids is 1. The van der Waals surface area contributed by atoms with E-state index < -0.39 is 31.1 Å². The van der Waals surface area contributed by atoms with E-state index in [0.717, 1.165) is 24.6 Å². The van der Waals surface area contributed by atoms with Gasteiger partial charge in [0, 0.05) is 12.5 Å². The number of carbonyl (C=O) groups is 1. The van der Waals surface area contributed by atoms with Crippen molar-refractivity contribution in [3.05, 3.63) is 11.8 Å². The molecule has 11 heteroatoms. The molecular formula is C18H25F2N3O5S. The molecule has 0 aromatic heterocycles. The highest BCUT2D eigenvalue weighted by atomic mass is 32.2. The van der Waals surface area contributed by atoms with Gasteiger partial charge in [0.1, 0.15) is 17.4 Å². The number of thioether (sulfide) groups is 1. The first-order chi connectivity index (χ1) is 13.8. The average Bonchev–Trinajstić information content (AvgIpc) is 2.98. The zero-order valence-corrected chi connectivity index (χ0v) is 16.8. The van der Waals surface area contributed by atoms with E-state index in [1.54, 1.807) is 0 Å². The van der Waals surface area contributed by atoms with Crippen molar-refractivity contribution in [1.82, 2.24) is 5.32 Å². The van der Waals surface area contributed by atoms with Crippen molar-refractivity contribution in [2.24, 2.45) is 10.9 Å². The Morgan fingerprint density at radius 1 is 1.45 bits per heavy atom. The van der Waals surface area contributed by atoms with Crippen molar-refractivity contribution in [2.75, 3.05) is 26.4 Å². The van der Waals surface area contributed by atoms with Gasteiger partial charge in [-0.2, -0.15) is 0 Å². The molecule has 0 saturated heterocycles. The summed E-state index contributed by atoms with van der Waals surface area (Å²) in [5, 5.41) is 19.8. The van der Waals surface area contributed by atoms with Gasteiger partial charge in [-0.05, 0) is 43.5 Å². The summed E-state index contributed by atoms with van der Waals surface area (Å²) in [5.41, 5.74) is -0.901. The van der Waals surface area contributed by atoms with Crippen molar-refractivity contribution >= 4 is 27.9 Å².